The van der Waals surface area contributed by atoms with Gasteiger partial charge in [-0.25, -0.2) is 4.79 Å². The SMILES string of the molecule is CN1CCN(Cc2cc(=O)oc3cc(Br)ccc23)CC1. The van der Waals surface area contributed by atoms with Crippen LogP contribution in [0.1, 0.15) is 5.56 Å². The van der Waals surface area contributed by atoms with Gasteiger partial charge in [-0.05, 0) is 30.8 Å². The molecule has 0 bridgehead atoms. The van der Waals surface area contributed by atoms with Crippen LogP contribution < -0.4 is 5.63 Å². The molecule has 0 atom stereocenters. The summed E-state index contributed by atoms with van der Waals surface area (Å²) in [5.41, 5.74) is 1.42. The van der Waals surface area contributed by atoms with E-state index in [0.717, 1.165) is 48.1 Å². The summed E-state index contributed by atoms with van der Waals surface area (Å²) in [4.78, 5) is 16.4. The van der Waals surface area contributed by atoms with Crippen molar-refractivity contribution in [1.82, 2.24) is 9.80 Å². The van der Waals surface area contributed by atoms with Crippen LogP contribution in [0.5, 0.6) is 0 Å². The normalized spacial score (nSPS) is 17.7. The van der Waals surface area contributed by atoms with Crippen molar-refractivity contribution in [2.45, 2.75) is 6.54 Å². The van der Waals surface area contributed by atoms with Gasteiger partial charge in [0.15, 0.2) is 0 Å². The van der Waals surface area contributed by atoms with Crippen molar-refractivity contribution in [3.63, 3.8) is 0 Å². The second kappa shape index (κ2) is 5.68. The maximum atomic E-state index is 11.7. The van der Waals surface area contributed by atoms with Crippen LogP contribution in [0.2, 0.25) is 0 Å². The van der Waals surface area contributed by atoms with Crippen LogP contribution in [-0.4, -0.2) is 43.0 Å². The van der Waals surface area contributed by atoms with E-state index in [1.165, 1.54) is 0 Å². The minimum Gasteiger partial charge on any atom is -0.423 e. The molecular weight excluding hydrogens is 320 g/mol. The van der Waals surface area contributed by atoms with Gasteiger partial charge in [-0.1, -0.05) is 15.9 Å². The minimum absolute atomic E-state index is 0.278. The standard InChI is InChI=1S/C15H17BrN2O2/c1-17-4-6-18(7-5-17)10-11-8-15(19)20-14-9-12(16)2-3-13(11)14/h2-3,8-9H,4-7,10H2,1H3. The lowest BCUT2D eigenvalue weighted by atomic mass is 10.1. The molecule has 20 heavy (non-hydrogen) atoms. The highest BCUT2D eigenvalue weighted by Crippen LogP contribution is 2.22. The fourth-order valence-electron chi connectivity index (χ4n) is 2.58. The van der Waals surface area contributed by atoms with E-state index in [1.54, 1.807) is 6.07 Å². The molecule has 1 aromatic heterocycles. The predicted molar refractivity (Wildman–Crippen MR) is 83.0 cm³/mol. The van der Waals surface area contributed by atoms with E-state index in [0.29, 0.717) is 5.58 Å². The molecule has 1 aliphatic rings. The summed E-state index contributed by atoms with van der Waals surface area (Å²) in [6, 6.07) is 7.46. The van der Waals surface area contributed by atoms with Crippen molar-refractivity contribution < 1.29 is 4.42 Å². The molecule has 106 valence electrons. The van der Waals surface area contributed by atoms with Crippen LogP contribution in [0.3, 0.4) is 0 Å². The molecule has 1 fully saturated rings. The Balaban J connectivity index is 1.92. The molecule has 0 aliphatic carbocycles. The van der Waals surface area contributed by atoms with Gasteiger partial charge in [-0.3, -0.25) is 4.90 Å². The number of rotatable bonds is 2. The molecule has 0 radical (unpaired) electrons. The fourth-order valence-corrected chi connectivity index (χ4v) is 2.92. The van der Waals surface area contributed by atoms with Crippen molar-refractivity contribution >= 4 is 26.9 Å². The second-order valence-corrected chi connectivity index (χ2v) is 6.23. The van der Waals surface area contributed by atoms with E-state index in [1.807, 2.05) is 18.2 Å². The molecule has 2 aromatic rings. The third kappa shape index (κ3) is 2.95. The zero-order chi connectivity index (χ0) is 14.1. The molecule has 0 unspecified atom stereocenters. The molecule has 1 aromatic carbocycles. The van der Waals surface area contributed by atoms with Crippen LogP contribution in [0, 0.1) is 0 Å². The minimum atomic E-state index is -0.278. The van der Waals surface area contributed by atoms with Gasteiger partial charge in [0.25, 0.3) is 0 Å². The molecule has 0 spiro atoms. The average molecular weight is 337 g/mol. The maximum absolute atomic E-state index is 11.7. The summed E-state index contributed by atoms with van der Waals surface area (Å²) in [6.07, 6.45) is 0. The van der Waals surface area contributed by atoms with Gasteiger partial charge >= 0.3 is 5.63 Å². The molecule has 4 nitrogen and oxygen atoms in total. The Bertz CT molecular complexity index is 675. The monoisotopic (exact) mass is 336 g/mol. The molecule has 5 heteroatoms. The Labute approximate surface area is 126 Å². The lowest BCUT2D eigenvalue weighted by Crippen LogP contribution is -2.43. The lowest BCUT2D eigenvalue weighted by Gasteiger charge is -2.32. The third-order valence-corrected chi connectivity index (χ3v) is 4.28. The maximum Gasteiger partial charge on any atom is 0.336 e. The molecule has 1 aliphatic heterocycles. The number of hydrogen-bond acceptors (Lipinski definition) is 4. The van der Waals surface area contributed by atoms with Crippen molar-refractivity contribution in [2.24, 2.45) is 0 Å². The van der Waals surface area contributed by atoms with E-state index < -0.39 is 0 Å². The quantitative estimate of drug-likeness (QED) is 0.788. The van der Waals surface area contributed by atoms with Crippen molar-refractivity contribution in [1.29, 1.82) is 0 Å². The number of nitrogens with zero attached hydrogens (tertiary/aromatic N) is 2. The largest absolute Gasteiger partial charge is 0.423 e. The van der Waals surface area contributed by atoms with Crippen LogP contribution in [0.4, 0.5) is 0 Å². The van der Waals surface area contributed by atoms with Crippen molar-refractivity contribution in [2.75, 3.05) is 33.2 Å². The topological polar surface area (TPSA) is 36.7 Å². The first kappa shape index (κ1) is 13.8. The van der Waals surface area contributed by atoms with Crippen LogP contribution in [0.25, 0.3) is 11.0 Å². The first-order valence-corrected chi connectivity index (χ1v) is 7.54. The Hall–Kier alpha value is -1.17. The van der Waals surface area contributed by atoms with E-state index >= 15 is 0 Å². The zero-order valence-electron chi connectivity index (χ0n) is 11.4. The fraction of sp³-hybridized carbons (Fsp3) is 0.400. The van der Waals surface area contributed by atoms with Gasteiger partial charge < -0.3 is 9.32 Å². The van der Waals surface area contributed by atoms with Crippen LogP contribution in [0.15, 0.2) is 37.9 Å². The molecule has 2 heterocycles. The van der Waals surface area contributed by atoms with Gasteiger partial charge in [-0.15, -0.1) is 0 Å². The highest BCUT2D eigenvalue weighted by Gasteiger charge is 2.16. The molecule has 0 N–H and O–H groups in total. The smallest absolute Gasteiger partial charge is 0.336 e. The summed E-state index contributed by atoms with van der Waals surface area (Å²) in [5, 5.41) is 1.02. The molecule has 0 amide bonds. The first-order valence-electron chi connectivity index (χ1n) is 6.75. The molecular formula is C15H17BrN2O2. The summed E-state index contributed by atoms with van der Waals surface area (Å²) < 4.78 is 6.20. The Morgan fingerprint density at radius 1 is 1.20 bits per heavy atom. The molecule has 1 saturated heterocycles. The number of hydrogen-bond donors (Lipinski definition) is 0. The second-order valence-electron chi connectivity index (χ2n) is 5.31. The zero-order valence-corrected chi connectivity index (χ0v) is 13.0. The molecule has 3 rings (SSSR count). The van der Waals surface area contributed by atoms with E-state index in [2.05, 4.69) is 32.8 Å². The lowest BCUT2D eigenvalue weighted by molar-refractivity contribution is 0.148. The summed E-state index contributed by atoms with van der Waals surface area (Å²) in [7, 11) is 2.14. The number of fused-ring (bicyclic) bond motifs is 1. The summed E-state index contributed by atoms with van der Waals surface area (Å²) in [6.45, 7) is 5.02. The average Bonchev–Trinajstić information content (AvgIpc) is 2.40. The summed E-state index contributed by atoms with van der Waals surface area (Å²) in [5.74, 6) is 0. The van der Waals surface area contributed by atoms with Crippen LogP contribution in [-0.2, 0) is 6.54 Å². The predicted octanol–water partition coefficient (Wildman–Crippen LogP) is 2.30. The van der Waals surface area contributed by atoms with Gasteiger partial charge in [0.2, 0.25) is 0 Å². The van der Waals surface area contributed by atoms with Gasteiger partial charge in [-0.2, -0.15) is 0 Å². The number of halogens is 1. The number of piperazine rings is 1. The third-order valence-electron chi connectivity index (χ3n) is 3.78. The highest BCUT2D eigenvalue weighted by atomic mass is 79.9. The summed E-state index contributed by atoms with van der Waals surface area (Å²) >= 11 is 3.41. The van der Waals surface area contributed by atoms with E-state index in [4.69, 9.17) is 4.42 Å². The Kier molecular flexibility index (Phi) is 3.92. The number of benzene rings is 1. The first-order chi connectivity index (χ1) is 9.61. The van der Waals surface area contributed by atoms with E-state index in [-0.39, 0.29) is 5.63 Å². The van der Waals surface area contributed by atoms with E-state index in [9.17, 15) is 4.79 Å². The Morgan fingerprint density at radius 2 is 1.95 bits per heavy atom. The molecule has 0 saturated carbocycles. The van der Waals surface area contributed by atoms with Gasteiger partial charge in [0.1, 0.15) is 5.58 Å². The van der Waals surface area contributed by atoms with Gasteiger partial charge in [0, 0.05) is 48.6 Å². The van der Waals surface area contributed by atoms with Gasteiger partial charge in [0.05, 0.1) is 0 Å². The van der Waals surface area contributed by atoms with Crippen LogP contribution >= 0.6 is 15.9 Å². The number of likely N-dealkylation sites (N-methyl/N-ethyl adjacent to an activating group) is 1. The highest BCUT2D eigenvalue weighted by molar-refractivity contribution is 9.10. The van der Waals surface area contributed by atoms with Crippen molar-refractivity contribution in [3.8, 4) is 0 Å². The Morgan fingerprint density at radius 3 is 2.70 bits per heavy atom. The van der Waals surface area contributed by atoms with Crippen molar-refractivity contribution in [3.05, 3.63) is 44.7 Å².